The van der Waals surface area contributed by atoms with Crippen LogP contribution in [0.1, 0.15) is 55.7 Å². The van der Waals surface area contributed by atoms with Crippen LogP contribution in [0.4, 0.5) is 34.1 Å². The summed E-state index contributed by atoms with van der Waals surface area (Å²) < 4.78 is 60.8. The lowest BCUT2D eigenvalue weighted by atomic mass is 9.91. The highest BCUT2D eigenvalue weighted by molar-refractivity contribution is 5.85. The summed E-state index contributed by atoms with van der Waals surface area (Å²) >= 11 is 0. The average molecular weight is 797 g/mol. The van der Waals surface area contributed by atoms with Gasteiger partial charge in [-0.15, -0.1) is 0 Å². The Kier molecular flexibility index (Phi) is 11.8. The van der Waals surface area contributed by atoms with Crippen molar-refractivity contribution in [3.05, 3.63) is 77.9 Å². The van der Waals surface area contributed by atoms with Gasteiger partial charge in [-0.1, -0.05) is 49.4 Å². The van der Waals surface area contributed by atoms with Crippen molar-refractivity contribution >= 4 is 40.8 Å². The van der Waals surface area contributed by atoms with E-state index in [4.69, 9.17) is 14.7 Å². The smallest absolute Gasteiger partial charge is 0.451 e. The number of rotatable bonds is 12. The Hall–Kier alpha value is -5.56. The van der Waals surface area contributed by atoms with Crippen LogP contribution in [0.25, 0.3) is 11.2 Å². The standard InChI is InChI=1S/C38H44F4N10O5/c1-2-29(53)48-27-16-28(32(31(27)54)57-35(55)38(40,41)42)52-20-45-30-33(44-18-26(21-6-4-3-5-7-21)22-8-10-23(39)11-9-22)49-36(50-34(30)52)51-15-13-25(19-51)47-37(56)46-24-12-14-43-17-24/h3-11,20,24-28,31-32,43,54H,2,12-19H2,1H3,(H,48,53)(H,44,49,50)(H2,46,47,56)/t24-,25-,26?,27+,28-,31-,32+/m1/s1. The van der Waals surface area contributed by atoms with E-state index in [0.29, 0.717) is 26.1 Å². The molecule has 2 aromatic heterocycles. The molecular formula is C38H44F4N10O5. The zero-order valence-electron chi connectivity index (χ0n) is 31.0. The van der Waals surface area contributed by atoms with Crippen LogP contribution in [-0.4, -0.2) is 112 Å². The highest BCUT2D eigenvalue weighted by Gasteiger charge is 2.51. The molecule has 4 heterocycles. The number of hydrogen-bond donors (Lipinski definition) is 6. The minimum absolute atomic E-state index is 0.0278. The molecule has 1 saturated carbocycles. The van der Waals surface area contributed by atoms with Gasteiger partial charge in [-0.05, 0) is 49.1 Å². The first-order valence-corrected chi connectivity index (χ1v) is 18.9. The first kappa shape index (κ1) is 39.7. The van der Waals surface area contributed by atoms with Crippen molar-refractivity contribution in [3.63, 3.8) is 0 Å². The van der Waals surface area contributed by atoms with E-state index in [1.54, 1.807) is 19.1 Å². The number of carbonyl (C=O) groups excluding carboxylic acids is 3. The maximum Gasteiger partial charge on any atom is 0.490 e. The van der Waals surface area contributed by atoms with E-state index in [-0.39, 0.29) is 72.2 Å². The van der Waals surface area contributed by atoms with Crippen LogP contribution < -0.4 is 31.5 Å². The Morgan fingerprint density at radius 2 is 1.74 bits per heavy atom. The Morgan fingerprint density at radius 1 is 1.00 bits per heavy atom. The minimum Gasteiger partial charge on any atom is -0.451 e. The summed E-state index contributed by atoms with van der Waals surface area (Å²) in [7, 11) is 0. The number of amides is 3. The second kappa shape index (κ2) is 16.9. The number of imidazole rings is 1. The van der Waals surface area contributed by atoms with Gasteiger partial charge in [0.15, 0.2) is 23.1 Å². The summed E-state index contributed by atoms with van der Waals surface area (Å²) in [6.07, 6.45) is -6.10. The second-order valence-corrected chi connectivity index (χ2v) is 14.5. The number of anilines is 2. The third kappa shape index (κ3) is 9.04. The van der Waals surface area contributed by atoms with Crippen molar-refractivity contribution in [3.8, 4) is 0 Å². The molecule has 0 bridgehead atoms. The monoisotopic (exact) mass is 796 g/mol. The fraction of sp³-hybridized carbons (Fsp3) is 0.474. The Labute approximate surface area is 325 Å². The zero-order chi connectivity index (χ0) is 40.3. The molecule has 4 aromatic rings. The fourth-order valence-electron chi connectivity index (χ4n) is 7.72. The summed E-state index contributed by atoms with van der Waals surface area (Å²) in [6.45, 7) is 4.15. The molecule has 0 spiro atoms. The molecule has 304 valence electrons. The van der Waals surface area contributed by atoms with Gasteiger partial charge in [0.05, 0.1) is 18.4 Å². The molecule has 3 fully saturated rings. The molecule has 19 heteroatoms. The number of hydrogen-bond acceptors (Lipinski definition) is 11. The second-order valence-electron chi connectivity index (χ2n) is 14.5. The van der Waals surface area contributed by atoms with Crippen molar-refractivity contribution in [2.24, 2.45) is 0 Å². The predicted molar refractivity (Wildman–Crippen MR) is 200 cm³/mol. The fourth-order valence-corrected chi connectivity index (χ4v) is 7.72. The molecular weight excluding hydrogens is 752 g/mol. The molecule has 7 atom stereocenters. The third-order valence-corrected chi connectivity index (χ3v) is 10.7. The number of aliphatic hydroxyl groups excluding tert-OH is 1. The van der Waals surface area contributed by atoms with Crippen LogP contribution >= 0.6 is 0 Å². The zero-order valence-corrected chi connectivity index (χ0v) is 31.0. The van der Waals surface area contributed by atoms with Gasteiger partial charge in [0.2, 0.25) is 11.9 Å². The lowest BCUT2D eigenvalue weighted by molar-refractivity contribution is -0.209. The van der Waals surface area contributed by atoms with Crippen LogP contribution in [0.15, 0.2) is 60.9 Å². The molecule has 0 radical (unpaired) electrons. The number of carbonyl (C=O) groups is 3. The predicted octanol–water partition coefficient (Wildman–Crippen LogP) is 3.12. The number of esters is 1. The highest BCUT2D eigenvalue weighted by atomic mass is 19.4. The maximum atomic E-state index is 14.0. The van der Waals surface area contributed by atoms with E-state index >= 15 is 0 Å². The quantitative estimate of drug-likeness (QED) is 0.0914. The van der Waals surface area contributed by atoms with Gasteiger partial charge in [-0.3, -0.25) is 4.79 Å². The van der Waals surface area contributed by atoms with E-state index in [1.165, 1.54) is 23.0 Å². The molecule has 2 aromatic carbocycles. The van der Waals surface area contributed by atoms with Crippen molar-refractivity contribution in [2.45, 2.75) is 81.1 Å². The SMILES string of the molecule is CCC(=O)N[C@H]1C[C@@H](n2cnc3c(NCC(c4ccccc4)c4ccc(F)cc4)nc(N4CC[C@@H](NC(=O)N[C@@H]5CCNC5)C4)nc32)[C@H](OC(=O)C(F)(F)F)[C@@H]1O. The minimum atomic E-state index is -5.34. The number of nitrogens with zero attached hydrogens (tertiary/aromatic N) is 5. The largest absolute Gasteiger partial charge is 0.490 e. The molecule has 2 aliphatic heterocycles. The number of nitrogens with one attached hydrogen (secondary N) is 5. The van der Waals surface area contributed by atoms with E-state index < -0.39 is 42.3 Å². The van der Waals surface area contributed by atoms with Gasteiger partial charge in [-0.25, -0.2) is 19.0 Å². The van der Waals surface area contributed by atoms with E-state index in [1.807, 2.05) is 35.2 Å². The number of ether oxygens (including phenoxy) is 1. The Morgan fingerprint density at radius 3 is 2.44 bits per heavy atom. The van der Waals surface area contributed by atoms with Crippen molar-refractivity contribution in [2.75, 3.05) is 42.9 Å². The summed E-state index contributed by atoms with van der Waals surface area (Å²) in [5, 5.41) is 26.4. The average Bonchev–Trinajstić information content (AvgIpc) is 4.01. The number of benzene rings is 2. The van der Waals surface area contributed by atoms with Gasteiger partial charge in [-0.2, -0.15) is 23.1 Å². The lowest BCUT2D eigenvalue weighted by Crippen LogP contribution is -2.47. The molecule has 3 aliphatic rings. The molecule has 15 nitrogen and oxygen atoms in total. The summed E-state index contributed by atoms with van der Waals surface area (Å²) in [5.74, 6) is -3.10. The van der Waals surface area contributed by atoms with Gasteiger partial charge >= 0.3 is 18.2 Å². The van der Waals surface area contributed by atoms with Crippen LogP contribution in [0, 0.1) is 5.82 Å². The summed E-state index contributed by atoms with van der Waals surface area (Å²) in [5.41, 5.74) is 2.15. The molecule has 7 rings (SSSR count). The first-order valence-electron chi connectivity index (χ1n) is 18.9. The van der Waals surface area contributed by atoms with Crippen LogP contribution in [0.3, 0.4) is 0 Å². The number of aromatic nitrogens is 4. The van der Waals surface area contributed by atoms with Gasteiger partial charge < -0.3 is 45.9 Å². The van der Waals surface area contributed by atoms with E-state index in [2.05, 4.69) is 31.6 Å². The molecule has 3 amide bonds. The van der Waals surface area contributed by atoms with Gasteiger partial charge in [0.25, 0.3) is 0 Å². The topological polar surface area (TPSA) is 188 Å². The Bertz CT molecular complexity index is 2050. The number of aliphatic hydroxyl groups is 1. The van der Waals surface area contributed by atoms with Crippen LogP contribution in [0.5, 0.6) is 0 Å². The summed E-state index contributed by atoms with van der Waals surface area (Å²) in [6, 6.07) is 13.0. The number of halogens is 4. The highest BCUT2D eigenvalue weighted by Crippen LogP contribution is 2.38. The number of fused-ring (bicyclic) bond motifs is 1. The molecule has 1 unspecified atom stereocenters. The lowest BCUT2D eigenvalue weighted by Gasteiger charge is -2.25. The number of urea groups is 1. The first-order chi connectivity index (χ1) is 27.4. The van der Waals surface area contributed by atoms with Gasteiger partial charge in [0.1, 0.15) is 11.9 Å². The normalized spacial score (nSPS) is 24.0. The molecule has 2 saturated heterocycles. The van der Waals surface area contributed by atoms with Crippen molar-refractivity contribution in [1.82, 2.24) is 40.8 Å². The van der Waals surface area contributed by atoms with Crippen molar-refractivity contribution < 1.29 is 41.8 Å². The van der Waals surface area contributed by atoms with Crippen molar-refractivity contribution in [1.29, 1.82) is 0 Å². The number of alkyl halides is 3. The molecule has 1 aliphatic carbocycles. The Balaban J connectivity index is 1.24. The van der Waals surface area contributed by atoms with E-state index in [0.717, 1.165) is 24.1 Å². The third-order valence-electron chi connectivity index (χ3n) is 10.7. The van der Waals surface area contributed by atoms with Crippen LogP contribution in [0.2, 0.25) is 0 Å². The molecule has 57 heavy (non-hydrogen) atoms. The maximum absolute atomic E-state index is 14.0. The van der Waals surface area contributed by atoms with Gasteiger partial charge in [0, 0.05) is 50.6 Å². The van der Waals surface area contributed by atoms with Crippen LogP contribution in [-0.2, 0) is 14.3 Å². The summed E-state index contributed by atoms with van der Waals surface area (Å²) in [4.78, 5) is 53.4. The molecule has 6 N–H and O–H groups in total. The van der Waals surface area contributed by atoms with E-state index in [9.17, 15) is 37.1 Å².